The standard InChI is InChI=1S/C18H18INO3/c1-4-9-23-18-16(19)10-13(11-17(18)22-3)12-20-14-5-7-15(21-2)8-6-14/h4-8,10-12H,1,9H2,2-3H3. The average Bonchev–Trinajstić information content (AvgIpc) is 2.59. The van der Waals surface area contributed by atoms with E-state index in [1.54, 1.807) is 26.5 Å². The van der Waals surface area contributed by atoms with Crippen molar-refractivity contribution in [3.8, 4) is 17.2 Å². The number of halogens is 1. The first-order valence-electron chi connectivity index (χ1n) is 6.97. The summed E-state index contributed by atoms with van der Waals surface area (Å²) in [6.45, 7) is 4.09. The van der Waals surface area contributed by atoms with Gasteiger partial charge in [-0.15, -0.1) is 0 Å². The van der Waals surface area contributed by atoms with Crippen LogP contribution in [0, 0.1) is 3.57 Å². The first-order valence-corrected chi connectivity index (χ1v) is 8.05. The molecule has 5 heteroatoms. The fraction of sp³-hybridized carbons (Fsp3) is 0.167. The Labute approximate surface area is 149 Å². The fourth-order valence-electron chi connectivity index (χ4n) is 1.91. The molecule has 23 heavy (non-hydrogen) atoms. The molecule has 0 saturated carbocycles. The summed E-state index contributed by atoms with van der Waals surface area (Å²) in [6, 6.07) is 11.5. The molecule has 0 radical (unpaired) electrons. The molecular formula is C18H18INO3. The molecule has 0 heterocycles. The molecule has 4 nitrogen and oxygen atoms in total. The lowest BCUT2D eigenvalue weighted by molar-refractivity contribution is 0.324. The van der Waals surface area contributed by atoms with Gasteiger partial charge in [0.2, 0.25) is 0 Å². The van der Waals surface area contributed by atoms with E-state index in [-0.39, 0.29) is 0 Å². The number of aliphatic imine (C=N–C) groups is 1. The number of hydrogen-bond donors (Lipinski definition) is 0. The summed E-state index contributed by atoms with van der Waals surface area (Å²) in [5.74, 6) is 2.20. The third kappa shape index (κ3) is 4.72. The Morgan fingerprint density at radius 1 is 1.13 bits per heavy atom. The Morgan fingerprint density at radius 2 is 1.87 bits per heavy atom. The zero-order valence-electron chi connectivity index (χ0n) is 13.1. The zero-order valence-corrected chi connectivity index (χ0v) is 15.2. The second-order valence-corrected chi connectivity index (χ2v) is 5.75. The van der Waals surface area contributed by atoms with Crippen LogP contribution in [0.1, 0.15) is 5.56 Å². The van der Waals surface area contributed by atoms with Crippen molar-refractivity contribution >= 4 is 34.5 Å². The second kappa shape index (κ2) is 8.57. The van der Waals surface area contributed by atoms with Crippen molar-refractivity contribution in [1.29, 1.82) is 0 Å². The van der Waals surface area contributed by atoms with Gasteiger partial charge in [-0.05, 0) is 64.6 Å². The molecule has 0 aliphatic heterocycles. The first kappa shape index (κ1) is 17.3. The molecule has 0 unspecified atom stereocenters. The Kier molecular flexibility index (Phi) is 6.46. The maximum atomic E-state index is 5.64. The fourth-order valence-corrected chi connectivity index (χ4v) is 2.70. The van der Waals surface area contributed by atoms with Crippen LogP contribution in [0.3, 0.4) is 0 Å². The molecule has 0 aromatic heterocycles. The normalized spacial score (nSPS) is 10.6. The topological polar surface area (TPSA) is 40.0 Å². The SMILES string of the molecule is C=CCOc1c(I)cc(C=Nc2ccc(OC)cc2)cc1OC. The highest BCUT2D eigenvalue weighted by atomic mass is 127. The van der Waals surface area contributed by atoms with Gasteiger partial charge in [-0.25, -0.2) is 0 Å². The summed E-state index contributed by atoms with van der Waals surface area (Å²) in [5, 5.41) is 0. The van der Waals surface area contributed by atoms with Gasteiger partial charge in [-0.2, -0.15) is 0 Å². The minimum Gasteiger partial charge on any atom is -0.497 e. The summed E-state index contributed by atoms with van der Waals surface area (Å²) in [4.78, 5) is 4.46. The summed E-state index contributed by atoms with van der Waals surface area (Å²) >= 11 is 2.22. The van der Waals surface area contributed by atoms with Crippen LogP contribution >= 0.6 is 22.6 Å². The molecule has 2 rings (SSSR count). The Hall–Kier alpha value is -2.02. The lowest BCUT2D eigenvalue weighted by Crippen LogP contribution is -1.99. The predicted molar refractivity (Wildman–Crippen MR) is 102 cm³/mol. The number of hydrogen-bond acceptors (Lipinski definition) is 4. The van der Waals surface area contributed by atoms with Crippen LogP contribution in [0.2, 0.25) is 0 Å². The van der Waals surface area contributed by atoms with E-state index in [1.165, 1.54) is 0 Å². The van der Waals surface area contributed by atoms with Crippen LogP contribution in [-0.2, 0) is 0 Å². The molecule has 0 bridgehead atoms. The maximum Gasteiger partial charge on any atom is 0.174 e. The summed E-state index contributed by atoms with van der Waals surface area (Å²) in [5.41, 5.74) is 1.79. The minimum atomic E-state index is 0.436. The molecule has 0 fully saturated rings. The van der Waals surface area contributed by atoms with Crippen molar-refractivity contribution in [2.45, 2.75) is 0 Å². The largest absolute Gasteiger partial charge is 0.497 e. The summed E-state index contributed by atoms with van der Waals surface area (Å²) in [6.07, 6.45) is 3.50. The van der Waals surface area contributed by atoms with E-state index < -0.39 is 0 Å². The quantitative estimate of drug-likeness (QED) is 0.371. The Balaban J connectivity index is 2.23. The van der Waals surface area contributed by atoms with Gasteiger partial charge in [0, 0.05) is 6.21 Å². The highest BCUT2D eigenvalue weighted by Crippen LogP contribution is 2.33. The molecule has 0 spiro atoms. The van der Waals surface area contributed by atoms with Gasteiger partial charge in [0.1, 0.15) is 12.4 Å². The van der Waals surface area contributed by atoms with Crippen LogP contribution in [0.5, 0.6) is 17.2 Å². The number of methoxy groups -OCH3 is 2. The lowest BCUT2D eigenvalue weighted by Gasteiger charge is -2.12. The monoisotopic (exact) mass is 423 g/mol. The van der Waals surface area contributed by atoms with Gasteiger partial charge in [0.05, 0.1) is 23.5 Å². The van der Waals surface area contributed by atoms with E-state index in [0.29, 0.717) is 12.4 Å². The average molecular weight is 423 g/mol. The van der Waals surface area contributed by atoms with Gasteiger partial charge in [-0.3, -0.25) is 4.99 Å². The molecule has 2 aromatic carbocycles. The van der Waals surface area contributed by atoms with Crippen molar-refractivity contribution < 1.29 is 14.2 Å². The van der Waals surface area contributed by atoms with Crippen LogP contribution in [-0.4, -0.2) is 27.0 Å². The first-order chi connectivity index (χ1) is 11.2. The van der Waals surface area contributed by atoms with Crippen molar-refractivity contribution in [1.82, 2.24) is 0 Å². The van der Waals surface area contributed by atoms with Gasteiger partial charge >= 0.3 is 0 Å². The number of benzene rings is 2. The molecule has 120 valence electrons. The zero-order chi connectivity index (χ0) is 16.7. The number of ether oxygens (including phenoxy) is 3. The van der Waals surface area contributed by atoms with Gasteiger partial charge in [0.15, 0.2) is 11.5 Å². The highest BCUT2D eigenvalue weighted by Gasteiger charge is 2.10. The second-order valence-electron chi connectivity index (χ2n) is 4.59. The van der Waals surface area contributed by atoms with Gasteiger partial charge < -0.3 is 14.2 Å². The van der Waals surface area contributed by atoms with Crippen LogP contribution in [0.25, 0.3) is 0 Å². The lowest BCUT2D eigenvalue weighted by atomic mass is 10.2. The van der Waals surface area contributed by atoms with Crippen molar-refractivity contribution in [2.75, 3.05) is 20.8 Å². The van der Waals surface area contributed by atoms with Crippen LogP contribution < -0.4 is 14.2 Å². The maximum absolute atomic E-state index is 5.64. The Bertz CT molecular complexity index is 696. The summed E-state index contributed by atoms with van der Waals surface area (Å²) < 4.78 is 17.1. The number of rotatable bonds is 7. The molecule has 2 aromatic rings. The molecule has 0 amide bonds. The minimum absolute atomic E-state index is 0.436. The van der Waals surface area contributed by atoms with E-state index in [1.807, 2.05) is 36.4 Å². The van der Waals surface area contributed by atoms with E-state index in [2.05, 4.69) is 34.2 Å². The molecule has 0 aliphatic carbocycles. The van der Waals surface area contributed by atoms with E-state index >= 15 is 0 Å². The third-order valence-corrected chi connectivity index (χ3v) is 3.83. The van der Waals surface area contributed by atoms with E-state index in [4.69, 9.17) is 14.2 Å². The van der Waals surface area contributed by atoms with Crippen molar-refractivity contribution in [3.63, 3.8) is 0 Å². The van der Waals surface area contributed by atoms with Crippen molar-refractivity contribution in [3.05, 3.63) is 58.2 Å². The van der Waals surface area contributed by atoms with E-state index in [0.717, 1.165) is 26.3 Å². The van der Waals surface area contributed by atoms with Crippen LogP contribution in [0.4, 0.5) is 5.69 Å². The van der Waals surface area contributed by atoms with Gasteiger partial charge in [0.25, 0.3) is 0 Å². The molecular weight excluding hydrogens is 405 g/mol. The van der Waals surface area contributed by atoms with E-state index in [9.17, 15) is 0 Å². The molecule has 0 atom stereocenters. The smallest absolute Gasteiger partial charge is 0.174 e. The predicted octanol–water partition coefficient (Wildman–Crippen LogP) is 4.62. The highest BCUT2D eigenvalue weighted by molar-refractivity contribution is 14.1. The third-order valence-electron chi connectivity index (χ3n) is 3.03. The Morgan fingerprint density at radius 3 is 2.48 bits per heavy atom. The molecule has 0 aliphatic rings. The summed E-state index contributed by atoms with van der Waals surface area (Å²) in [7, 11) is 3.26. The molecule has 0 saturated heterocycles. The van der Waals surface area contributed by atoms with Gasteiger partial charge in [-0.1, -0.05) is 12.7 Å². The van der Waals surface area contributed by atoms with Crippen molar-refractivity contribution in [2.24, 2.45) is 4.99 Å². The van der Waals surface area contributed by atoms with Crippen LogP contribution in [0.15, 0.2) is 54.0 Å². The molecule has 0 N–H and O–H groups in total. The number of nitrogens with zero attached hydrogens (tertiary/aromatic N) is 1.